The Bertz CT molecular complexity index is 949. The normalized spacial score (nSPS) is 15.0. The van der Waals surface area contributed by atoms with Crippen molar-refractivity contribution in [2.24, 2.45) is 0 Å². The van der Waals surface area contributed by atoms with Gasteiger partial charge in [0.2, 0.25) is 5.91 Å². The highest BCUT2D eigenvalue weighted by molar-refractivity contribution is 6.31. The monoisotopic (exact) mass is 340 g/mol. The molecule has 0 unspecified atom stereocenters. The molecule has 0 saturated carbocycles. The van der Waals surface area contributed by atoms with E-state index < -0.39 is 0 Å². The lowest BCUT2D eigenvalue weighted by atomic mass is 10.1. The predicted molar refractivity (Wildman–Crippen MR) is 92.4 cm³/mol. The summed E-state index contributed by atoms with van der Waals surface area (Å²) in [5.41, 5.74) is 1.78. The van der Waals surface area contributed by atoms with Crippen molar-refractivity contribution in [3.8, 4) is 5.69 Å². The highest BCUT2D eigenvalue weighted by Crippen LogP contribution is 2.27. The Kier molecular flexibility index (Phi) is 3.74. The van der Waals surface area contributed by atoms with E-state index in [9.17, 15) is 4.79 Å². The zero-order valence-electron chi connectivity index (χ0n) is 12.8. The van der Waals surface area contributed by atoms with E-state index in [0.29, 0.717) is 24.5 Å². The SMILES string of the molecule is O=C1CC[N+](c2cc(-n3ccnc3)c3ccc(Cl)cc3n2)=CCN1. The van der Waals surface area contributed by atoms with Gasteiger partial charge in [-0.3, -0.25) is 4.79 Å². The summed E-state index contributed by atoms with van der Waals surface area (Å²) in [5.74, 6) is 0.831. The number of fused-ring (bicyclic) bond motifs is 1. The first-order valence-corrected chi connectivity index (χ1v) is 8.04. The van der Waals surface area contributed by atoms with Gasteiger partial charge in [0.05, 0.1) is 49.2 Å². The van der Waals surface area contributed by atoms with E-state index in [1.807, 2.05) is 45.8 Å². The number of nitrogens with zero attached hydrogens (tertiary/aromatic N) is 4. The van der Waals surface area contributed by atoms with Gasteiger partial charge in [-0.05, 0) is 17.1 Å². The number of hydrogen-bond acceptors (Lipinski definition) is 3. The summed E-state index contributed by atoms with van der Waals surface area (Å²) in [4.78, 5) is 20.4. The lowest BCUT2D eigenvalue weighted by molar-refractivity contribution is -0.438. The van der Waals surface area contributed by atoms with Crippen LogP contribution in [0.15, 0.2) is 43.0 Å². The van der Waals surface area contributed by atoms with Gasteiger partial charge in [-0.1, -0.05) is 11.6 Å². The molecule has 1 aromatic carbocycles. The third-order valence-electron chi connectivity index (χ3n) is 4.00. The molecule has 3 heterocycles. The summed E-state index contributed by atoms with van der Waals surface area (Å²) < 4.78 is 3.95. The molecule has 6 nitrogen and oxygen atoms in total. The standard InChI is InChI=1S/C17H14ClN5O/c18-12-1-2-13-14(9-12)21-16(10-15(13)23-7-4-19-11-23)22-6-3-17(24)20-5-8-22/h1-2,4,7-11H,3,5-6H2/p+1. The summed E-state index contributed by atoms with van der Waals surface area (Å²) >= 11 is 6.14. The molecular formula is C17H15ClN5O+. The molecule has 0 fully saturated rings. The molecule has 4 rings (SSSR count). The van der Waals surface area contributed by atoms with Crippen LogP contribution >= 0.6 is 11.6 Å². The van der Waals surface area contributed by atoms with E-state index in [0.717, 1.165) is 22.4 Å². The van der Waals surface area contributed by atoms with Crippen molar-refractivity contribution in [1.82, 2.24) is 19.9 Å². The Balaban J connectivity index is 1.90. The fraction of sp³-hybridized carbons (Fsp3) is 0.176. The molecule has 0 atom stereocenters. The van der Waals surface area contributed by atoms with Crippen molar-refractivity contribution in [1.29, 1.82) is 0 Å². The average Bonchev–Trinajstić information content (AvgIpc) is 3.02. The fourth-order valence-electron chi connectivity index (χ4n) is 2.81. The molecule has 0 aliphatic carbocycles. The lowest BCUT2D eigenvalue weighted by Crippen LogP contribution is -2.22. The van der Waals surface area contributed by atoms with E-state index >= 15 is 0 Å². The van der Waals surface area contributed by atoms with E-state index in [4.69, 9.17) is 16.6 Å². The third-order valence-corrected chi connectivity index (χ3v) is 4.24. The number of hydrogen-bond donors (Lipinski definition) is 1. The van der Waals surface area contributed by atoms with E-state index in [-0.39, 0.29) is 5.91 Å². The quantitative estimate of drug-likeness (QED) is 0.728. The molecule has 1 N–H and O–H groups in total. The summed E-state index contributed by atoms with van der Waals surface area (Å²) in [7, 11) is 0. The summed E-state index contributed by atoms with van der Waals surface area (Å²) in [6, 6.07) is 7.67. The highest BCUT2D eigenvalue weighted by atomic mass is 35.5. The summed E-state index contributed by atoms with van der Waals surface area (Å²) in [6.07, 6.45) is 7.77. The summed E-state index contributed by atoms with van der Waals surface area (Å²) in [5, 5.41) is 4.46. The van der Waals surface area contributed by atoms with E-state index in [2.05, 4.69) is 10.3 Å². The molecule has 3 aromatic rings. The van der Waals surface area contributed by atoms with Gasteiger partial charge in [0.1, 0.15) is 0 Å². The van der Waals surface area contributed by atoms with Crippen LogP contribution in [0.2, 0.25) is 5.02 Å². The molecule has 24 heavy (non-hydrogen) atoms. The topological polar surface area (TPSA) is 62.8 Å². The second-order valence-corrected chi connectivity index (χ2v) is 6.00. The molecule has 2 aromatic heterocycles. The van der Waals surface area contributed by atoms with Gasteiger partial charge in [-0.15, -0.1) is 0 Å². The van der Waals surface area contributed by atoms with Gasteiger partial charge in [-0.25, -0.2) is 9.56 Å². The van der Waals surface area contributed by atoms with Crippen molar-refractivity contribution < 1.29 is 9.37 Å². The van der Waals surface area contributed by atoms with Crippen LogP contribution in [0.25, 0.3) is 16.6 Å². The minimum atomic E-state index is 0.0485. The first-order chi connectivity index (χ1) is 11.7. The zero-order valence-corrected chi connectivity index (χ0v) is 13.6. The van der Waals surface area contributed by atoms with Crippen molar-refractivity contribution in [2.75, 3.05) is 13.1 Å². The minimum absolute atomic E-state index is 0.0485. The molecule has 1 aliphatic heterocycles. The molecule has 1 aliphatic rings. The summed E-state index contributed by atoms with van der Waals surface area (Å²) in [6.45, 7) is 1.09. The highest BCUT2D eigenvalue weighted by Gasteiger charge is 2.20. The molecule has 0 bridgehead atoms. The molecule has 0 spiro atoms. The van der Waals surface area contributed by atoms with Crippen LogP contribution in [-0.2, 0) is 4.79 Å². The number of nitrogens with one attached hydrogen (secondary N) is 1. The average molecular weight is 341 g/mol. The number of carbonyl (C=O) groups excluding carboxylic acids is 1. The van der Waals surface area contributed by atoms with Crippen LogP contribution < -0.4 is 5.32 Å². The van der Waals surface area contributed by atoms with Gasteiger partial charge in [0, 0.05) is 23.5 Å². The number of pyridine rings is 1. The number of imidazole rings is 1. The van der Waals surface area contributed by atoms with Crippen molar-refractivity contribution in [3.05, 3.63) is 48.0 Å². The van der Waals surface area contributed by atoms with Crippen LogP contribution in [0, 0.1) is 0 Å². The fourth-order valence-corrected chi connectivity index (χ4v) is 2.98. The van der Waals surface area contributed by atoms with Crippen LogP contribution in [0.3, 0.4) is 0 Å². The smallest absolute Gasteiger partial charge is 0.325 e. The Morgan fingerprint density at radius 3 is 3.04 bits per heavy atom. The Morgan fingerprint density at radius 2 is 2.21 bits per heavy atom. The third kappa shape index (κ3) is 2.76. The maximum absolute atomic E-state index is 11.6. The molecular weight excluding hydrogens is 326 g/mol. The van der Waals surface area contributed by atoms with Gasteiger partial charge in [0.25, 0.3) is 0 Å². The number of rotatable bonds is 2. The first kappa shape index (κ1) is 14.8. The number of halogens is 1. The number of aromatic nitrogens is 3. The molecule has 0 radical (unpaired) electrons. The largest absolute Gasteiger partial charge is 0.349 e. The molecule has 1 amide bonds. The van der Waals surface area contributed by atoms with Crippen molar-refractivity contribution in [2.45, 2.75) is 6.42 Å². The second-order valence-electron chi connectivity index (χ2n) is 5.56. The van der Waals surface area contributed by atoms with E-state index in [1.54, 1.807) is 12.5 Å². The first-order valence-electron chi connectivity index (χ1n) is 7.66. The zero-order chi connectivity index (χ0) is 16.5. The Labute approximate surface area is 143 Å². The van der Waals surface area contributed by atoms with Crippen molar-refractivity contribution in [3.63, 3.8) is 0 Å². The van der Waals surface area contributed by atoms with Crippen LogP contribution in [-0.4, -0.2) is 44.3 Å². The van der Waals surface area contributed by atoms with Crippen molar-refractivity contribution >= 4 is 40.4 Å². The molecule has 120 valence electrons. The Hall–Kier alpha value is -2.73. The number of carbonyl (C=O) groups is 1. The maximum Gasteiger partial charge on any atom is 0.325 e. The number of amides is 1. The van der Waals surface area contributed by atoms with Crippen LogP contribution in [0.4, 0.5) is 5.82 Å². The van der Waals surface area contributed by atoms with Crippen LogP contribution in [0.5, 0.6) is 0 Å². The minimum Gasteiger partial charge on any atom is -0.349 e. The van der Waals surface area contributed by atoms with E-state index in [1.165, 1.54) is 0 Å². The van der Waals surface area contributed by atoms with Crippen LogP contribution in [0.1, 0.15) is 6.42 Å². The van der Waals surface area contributed by atoms with Gasteiger partial charge in [0.15, 0.2) is 5.52 Å². The second kappa shape index (κ2) is 6.05. The number of benzene rings is 1. The van der Waals surface area contributed by atoms with Gasteiger partial charge >= 0.3 is 5.82 Å². The molecule has 7 heteroatoms. The Morgan fingerprint density at radius 1 is 1.29 bits per heavy atom. The lowest BCUT2D eigenvalue weighted by Gasteiger charge is -2.08. The van der Waals surface area contributed by atoms with Gasteiger partial charge in [-0.2, -0.15) is 0 Å². The maximum atomic E-state index is 11.6. The predicted octanol–water partition coefficient (Wildman–Crippen LogP) is 2.31. The molecule has 0 saturated heterocycles. The van der Waals surface area contributed by atoms with Gasteiger partial charge < -0.3 is 9.88 Å².